The Morgan fingerprint density at radius 3 is 2.55 bits per heavy atom. The third kappa shape index (κ3) is 5.89. The van der Waals surface area contributed by atoms with Crippen LogP contribution in [0, 0.1) is 23.5 Å². The maximum atomic E-state index is 14.6. The summed E-state index contributed by atoms with van der Waals surface area (Å²) in [5, 5.41) is 5.21. The van der Waals surface area contributed by atoms with Crippen molar-refractivity contribution in [2.45, 2.75) is 64.3 Å². The summed E-state index contributed by atoms with van der Waals surface area (Å²) >= 11 is 7.63. The third-order valence-corrected chi connectivity index (χ3v) is 9.61. The van der Waals surface area contributed by atoms with Crippen molar-refractivity contribution >= 4 is 40.7 Å². The highest BCUT2D eigenvalue weighted by molar-refractivity contribution is 7.11. The Morgan fingerprint density at radius 1 is 1.09 bits per heavy atom. The van der Waals surface area contributed by atoms with Crippen LogP contribution in [0.3, 0.4) is 0 Å². The van der Waals surface area contributed by atoms with E-state index in [4.69, 9.17) is 35.5 Å². The van der Waals surface area contributed by atoms with Crippen LogP contribution in [0.2, 0.25) is 5.02 Å². The number of aryl methyl sites for hydroxylation is 1. The Morgan fingerprint density at radius 2 is 1.86 bits per heavy atom. The highest BCUT2D eigenvalue weighted by atomic mass is 35.5. The second kappa shape index (κ2) is 13.2. The van der Waals surface area contributed by atoms with Crippen LogP contribution in [-0.2, 0) is 31.9 Å². The molecule has 2 unspecified atom stereocenters. The number of amidine groups is 1. The van der Waals surface area contributed by atoms with E-state index < -0.39 is 28.7 Å². The number of carbonyl (C=O) groups is 2. The zero-order valence-electron chi connectivity index (χ0n) is 23.5. The highest BCUT2D eigenvalue weighted by Crippen LogP contribution is 2.43. The molecule has 0 saturated heterocycles. The topological polar surface area (TPSA) is 116 Å². The number of oxazole rings is 1. The van der Waals surface area contributed by atoms with Crippen molar-refractivity contribution in [3.8, 4) is 0 Å². The number of fused-ring (bicyclic) bond motifs is 1. The molecule has 3 aromatic rings. The van der Waals surface area contributed by atoms with Gasteiger partial charge in [0, 0.05) is 41.1 Å². The van der Waals surface area contributed by atoms with Gasteiger partial charge in [0.25, 0.3) is 0 Å². The molecule has 0 amide bonds. The molecule has 6 rings (SSSR count). The Bertz CT molecular complexity index is 1610. The monoisotopic (exact) mass is 646 g/mol. The first-order valence-corrected chi connectivity index (χ1v) is 15.3. The van der Waals surface area contributed by atoms with Crippen LogP contribution in [0.25, 0.3) is 0 Å². The number of halogens is 3. The van der Waals surface area contributed by atoms with Gasteiger partial charge in [-0.15, -0.1) is 11.3 Å². The lowest BCUT2D eigenvalue weighted by atomic mass is 9.82. The molecule has 2 atom stereocenters. The van der Waals surface area contributed by atoms with Gasteiger partial charge in [0.05, 0.1) is 36.4 Å². The number of hydrogen-bond acceptors (Lipinski definition) is 10. The van der Waals surface area contributed by atoms with Gasteiger partial charge < -0.3 is 19.2 Å². The van der Waals surface area contributed by atoms with Gasteiger partial charge in [0.1, 0.15) is 11.8 Å². The molecular formula is C31H33ClF2N4O5S. The Balaban J connectivity index is 0.00000384. The maximum Gasteiger partial charge on any atom is 0.338 e. The fourth-order valence-corrected chi connectivity index (χ4v) is 7.05. The highest BCUT2D eigenvalue weighted by Gasteiger charge is 2.39. The molecule has 44 heavy (non-hydrogen) atoms. The first kappa shape index (κ1) is 31.8. The zero-order chi connectivity index (χ0) is 30.2. The molecule has 0 spiro atoms. The Kier molecular flexibility index (Phi) is 9.50. The van der Waals surface area contributed by atoms with Crippen molar-refractivity contribution in [2.24, 2.45) is 16.8 Å². The van der Waals surface area contributed by atoms with E-state index in [0.717, 1.165) is 43.2 Å². The van der Waals surface area contributed by atoms with Crippen LogP contribution < -0.4 is 5.32 Å². The van der Waals surface area contributed by atoms with Crippen LogP contribution in [0.4, 0.5) is 8.78 Å². The van der Waals surface area contributed by atoms with E-state index in [9.17, 15) is 18.4 Å². The van der Waals surface area contributed by atoms with Crippen LogP contribution in [0.15, 0.2) is 44.4 Å². The van der Waals surface area contributed by atoms with Gasteiger partial charge >= 0.3 is 11.9 Å². The number of hydrogen-bond donors (Lipinski definition) is 1. The molecule has 1 aromatic carbocycles. The molecule has 3 aliphatic rings. The standard InChI is InChI=1S/C30H29ClF2N4O5S.CH4/c1-40-29(38)15-5-3-14(4-6-15)27-35-19-10-7-16(13-20(19)42-27)24-21(30(39)41-2)25(17-8-9-18(32)23(33)22(17)31)37-26(36-24)28-34-11-12-43-28;/h8-9,11-12,14-16,25H,3-7,10,13H2,1-2H3,(H,36,37);1H4. The van der Waals surface area contributed by atoms with Crippen LogP contribution in [0.1, 0.15) is 79.4 Å². The number of nitrogens with one attached hydrogen (secondary N) is 1. The SMILES string of the molecule is C.COC(=O)C1=C(C2CCc3nc(C4CCC(C(=O)OC)CC4)oc3C2)NC(c2nccs2)=NC1c1ccc(F)c(F)c1Cl. The van der Waals surface area contributed by atoms with E-state index in [1.165, 1.54) is 31.6 Å². The van der Waals surface area contributed by atoms with Gasteiger partial charge in [0.2, 0.25) is 0 Å². The number of nitrogens with zero attached hydrogens (tertiary/aromatic N) is 3. The van der Waals surface area contributed by atoms with Crippen molar-refractivity contribution in [3.05, 3.63) is 79.6 Å². The third-order valence-electron chi connectivity index (χ3n) is 8.45. The van der Waals surface area contributed by atoms with Gasteiger partial charge in [-0.2, -0.15) is 0 Å². The molecule has 3 heterocycles. The summed E-state index contributed by atoms with van der Waals surface area (Å²) in [5.41, 5.74) is 1.71. The number of thiazole rings is 1. The fourth-order valence-electron chi connectivity index (χ4n) is 6.21. The smallest absolute Gasteiger partial charge is 0.338 e. The summed E-state index contributed by atoms with van der Waals surface area (Å²) in [6.45, 7) is 0. The maximum absolute atomic E-state index is 14.6. The fraction of sp³-hybridized carbons (Fsp3) is 0.452. The largest absolute Gasteiger partial charge is 0.469 e. The molecule has 1 fully saturated rings. The molecule has 234 valence electrons. The summed E-state index contributed by atoms with van der Waals surface area (Å²) in [4.78, 5) is 39.2. The lowest BCUT2D eigenvalue weighted by Gasteiger charge is -2.32. The lowest BCUT2D eigenvalue weighted by Crippen LogP contribution is -2.38. The number of benzene rings is 1. The van der Waals surface area contributed by atoms with Crippen LogP contribution in [0.5, 0.6) is 0 Å². The van der Waals surface area contributed by atoms with E-state index in [1.807, 2.05) is 0 Å². The normalized spacial score (nSPS) is 23.2. The lowest BCUT2D eigenvalue weighted by molar-refractivity contribution is -0.146. The summed E-state index contributed by atoms with van der Waals surface area (Å²) in [6, 6.07) is 1.23. The predicted octanol–water partition coefficient (Wildman–Crippen LogP) is 6.47. The molecule has 2 aliphatic carbocycles. The summed E-state index contributed by atoms with van der Waals surface area (Å²) < 4.78 is 45.0. The van der Waals surface area contributed by atoms with Crippen LogP contribution >= 0.6 is 22.9 Å². The van der Waals surface area contributed by atoms with Crippen molar-refractivity contribution in [1.29, 1.82) is 0 Å². The molecule has 2 aromatic heterocycles. The first-order valence-electron chi connectivity index (χ1n) is 14.1. The molecule has 0 bridgehead atoms. The minimum atomic E-state index is -1.22. The van der Waals surface area contributed by atoms with Crippen molar-refractivity contribution in [1.82, 2.24) is 15.3 Å². The first-order chi connectivity index (χ1) is 20.8. The minimum Gasteiger partial charge on any atom is -0.469 e. The number of methoxy groups -OCH3 is 2. The van der Waals surface area contributed by atoms with Crippen molar-refractivity contribution in [3.63, 3.8) is 0 Å². The van der Waals surface area contributed by atoms with E-state index >= 15 is 0 Å². The second-order valence-corrected chi connectivity index (χ2v) is 12.1. The average Bonchev–Trinajstić information content (AvgIpc) is 3.73. The van der Waals surface area contributed by atoms with Crippen LogP contribution in [-0.4, -0.2) is 42.0 Å². The van der Waals surface area contributed by atoms with Gasteiger partial charge in [-0.25, -0.2) is 23.5 Å². The van der Waals surface area contributed by atoms with Gasteiger partial charge in [-0.3, -0.25) is 9.79 Å². The molecule has 13 heteroatoms. The average molecular weight is 647 g/mol. The number of ether oxygens (including phenoxy) is 2. The molecular weight excluding hydrogens is 614 g/mol. The van der Waals surface area contributed by atoms with Crippen molar-refractivity contribution in [2.75, 3.05) is 14.2 Å². The predicted molar refractivity (Wildman–Crippen MR) is 160 cm³/mol. The number of aliphatic imine (C=N–C) groups is 1. The van der Waals surface area contributed by atoms with E-state index in [-0.39, 0.29) is 42.3 Å². The minimum absolute atomic E-state index is 0. The summed E-state index contributed by atoms with van der Waals surface area (Å²) in [6.07, 6.45) is 6.34. The quantitative estimate of drug-likeness (QED) is 0.239. The number of allylic oxidation sites excluding steroid dienone is 1. The van der Waals surface area contributed by atoms with E-state index in [2.05, 4.69) is 10.3 Å². The number of rotatable bonds is 6. The van der Waals surface area contributed by atoms with Gasteiger partial charge in [0.15, 0.2) is 28.4 Å². The molecule has 9 nitrogen and oxygen atoms in total. The molecule has 0 radical (unpaired) electrons. The van der Waals surface area contributed by atoms with E-state index in [0.29, 0.717) is 41.7 Å². The van der Waals surface area contributed by atoms with Gasteiger partial charge in [-0.05, 0) is 44.6 Å². The number of aromatic nitrogens is 2. The number of esters is 2. The van der Waals surface area contributed by atoms with Crippen molar-refractivity contribution < 1.29 is 32.3 Å². The number of carbonyl (C=O) groups excluding carboxylic acids is 2. The summed E-state index contributed by atoms with van der Waals surface area (Å²) in [5.74, 6) is -1.57. The second-order valence-electron chi connectivity index (χ2n) is 10.9. The van der Waals surface area contributed by atoms with Gasteiger partial charge in [-0.1, -0.05) is 25.1 Å². The Hall–Kier alpha value is -3.64. The summed E-state index contributed by atoms with van der Waals surface area (Å²) in [7, 11) is 2.67. The molecule has 1 N–H and O–H groups in total. The molecule has 1 aliphatic heterocycles. The molecule has 1 saturated carbocycles. The Labute approximate surface area is 262 Å². The van der Waals surface area contributed by atoms with E-state index in [1.54, 1.807) is 11.6 Å². The zero-order valence-corrected chi connectivity index (χ0v) is 25.1.